The van der Waals surface area contributed by atoms with Gasteiger partial charge in [0.1, 0.15) is 23.3 Å². The third-order valence-corrected chi connectivity index (χ3v) is 2.32. The second-order valence-electron chi connectivity index (χ2n) is 4.32. The molecule has 0 aliphatic heterocycles. The van der Waals surface area contributed by atoms with Crippen LogP contribution in [0.5, 0.6) is 0 Å². The summed E-state index contributed by atoms with van der Waals surface area (Å²) in [5, 5.41) is 0. The maximum atomic E-state index is 4.19. The molecule has 0 bridgehead atoms. The molecule has 21 heavy (non-hydrogen) atoms. The Morgan fingerprint density at radius 2 is 1.29 bits per heavy atom. The van der Waals surface area contributed by atoms with Gasteiger partial charge in [-0.1, -0.05) is 0 Å². The molecule has 0 spiro atoms. The second kappa shape index (κ2) is 6.69. The molecule has 0 saturated heterocycles. The van der Waals surface area contributed by atoms with Crippen LogP contribution in [0.15, 0.2) is 9.98 Å². The van der Waals surface area contributed by atoms with Crippen LogP contribution in [0, 0.1) is 27.7 Å². The molecule has 0 aliphatic carbocycles. The van der Waals surface area contributed by atoms with Crippen LogP contribution in [0.2, 0.25) is 0 Å². The smallest absolute Gasteiger partial charge is 0.252 e. The topological polar surface area (TPSA) is 102 Å². The van der Waals surface area contributed by atoms with Crippen molar-refractivity contribution in [3.63, 3.8) is 0 Å². The highest BCUT2D eigenvalue weighted by Gasteiger charge is 1.97. The van der Waals surface area contributed by atoms with Gasteiger partial charge in [0, 0.05) is 6.21 Å². The van der Waals surface area contributed by atoms with E-state index in [0.29, 0.717) is 41.6 Å². The molecule has 0 atom stereocenters. The molecule has 0 fully saturated rings. The van der Waals surface area contributed by atoms with E-state index in [1.54, 1.807) is 26.3 Å². The Morgan fingerprint density at radius 1 is 0.762 bits per heavy atom. The molecule has 0 amide bonds. The Bertz CT molecular complexity index is 593. The third kappa shape index (κ3) is 4.75. The normalized spacial score (nSPS) is 11.6. The maximum Gasteiger partial charge on any atom is 0.252 e. The Kier molecular flexibility index (Phi) is 4.70. The largest absolute Gasteiger partial charge is 0.284 e. The van der Waals surface area contributed by atoms with Gasteiger partial charge in [0.15, 0.2) is 5.82 Å². The first-order valence-corrected chi connectivity index (χ1v) is 6.44. The highest BCUT2D eigenvalue weighted by atomic mass is 15.1. The Hall–Kier alpha value is -2.64. The molecule has 8 nitrogen and oxygen atoms in total. The van der Waals surface area contributed by atoms with E-state index >= 15 is 0 Å². The number of aromatic nitrogens is 6. The predicted octanol–water partition coefficient (Wildman–Crippen LogP) is 1.11. The molecule has 8 heteroatoms. The number of nitrogens with zero attached hydrogens (tertiary/aromatic N) is 8. The van der Waals surface area contributed by atoms with Gasteiger partial charge in [-0.3, -0.25) is 4.99 Å². The zero-order valence-corrected chi connectivity index (χ0v) is 12.4. The van der Waals surface area contributed by atoms with Crippen LogP contribution in [-0.4, -0.2) is 48.9 Å². The Balaban J connectivity index is 1.97. The molecule has 0 saturated carbocycles. The average Bonchev–Trinajstić information content (AvgIpc) is 2.36. The summed E-state index contributed by atoms with van der Waals surface area (Å²) in [6.07, 6.45) is 3.23. The summed E-state index contributed by atoms with van der Waals surface area (Å²) < 4.78 is 0. The standard InChI is InChI=1S/C13H16N8/c1-8-16-9(2)19-12(18-8)7-14-5-6-15-13-20-10(3)17-11(4)21-13/h6-7H,5H2,1-4H3/b14-7?,15-6-. The van der Waals surface area contributed by atoms with Crippen molar-refractivity contribution in [3.05, 3.63) is 29.1 Å². The molecular formula is C13H16N8. The van der Waals surface area contributed by atoms with Crippen molar-refractivity contribution in [2.45, 2.75) is 27.7 Å². The van der Waals surface area contributed by atoms with Crippen molar-refractivity contribution in [2.75, 3.05) is 6.54 Å². The van der Waals surface area contributed by atoms with Crippen LogP contribution in [0.25, 0.3) is 0 Å². The molecule has 108 valence electrons. The Morgan fingerprint density at radius 3 is 1.86 bits per heavy atom. The molecule has 2 aromatic heterocycles. The fourth-order valence-corrected chi connectivity index (χ4v) is 1.66. The van der Waals surface area contributed by atoms with Crippen LogP contribution >= 0.6 is 0 Å². The SMILES string of the molecule is Cc1nc(C)nc(C=NC/C=N\c2nc(C)nc(C)n2)n1. The van der Waals surface area contributed by atoms with Crippen molar-refractivity contribution in [1.82, 2.24) is 29.9 Å². The molecule has 0 aliphatic rings. The summed E-state index contributed by atoms with van der Waals surface area (Å²) in [5.41, 5.74) is 0. The molecule has 0 N–H and O–H groups in total. The fourth-order valence-electron chi connectivity index (χ4n) is 1.66. The minimum atomic E-state index is 0.391. The van der Waals surface area contributed by atoms with Crippen molar-refractivity contribution in [2.24, 2.45) is 9.98 Å². The minimum absolute atomic E-state index is 0.391. The van der Waals surface area contributed by atoms with Crippen molar-refractivity contribution in [3.8, 4) is 0 Å². The first-order chi connectivity index (χ1) is 10.0. The van der Waals surface area contributed by atoms with Gasteiger partial charge in [-0.05, 0) is 27.7 Å². The van der Waals surface area contributed by atoms with Crippen LogP contribution in [-0.2, 0) is 0 Å². The minimum Gasteiger partial charge on any atom is -0.284 e. The summed E-state index contributed by atoms with van der Waals surface area (Å²) in [4.78, 5) is 33.1. The summed E-state index contributed by atoms with van der Waals surface area (Å²) in [6.45, 7) is 7.64. The second-order valence-corrected chi connectivity index (χ2v) is 4.32. The first-order valence-electron chi connectivity index (χ1n) is 6.44. The van der Waals surface area contributed by atoms with E-state index in [1.165, 1.54) is 0 Å². The number of hydrogen-bond donors (Lipinski definition) is 0. The van der Waals surface area contributed by atoms with Gasteiger partial charge in [-0.25, -0.2) is 24.9 Å². The van der Waals surface area contributed by atoms with E-state index in [4.69, 9.17) is 0 Å². The maximum absolute atomic E-state index is 4.19. The number of hydrogen-bond acceptors (Lipinski definition) is 8. The number of aryl methyl sites for hydroxylation is 4. The monoisotopic (exact) mass is 284 g/mol. The van der Waals surface area contributed by atoms with Crippen molar-refractivity contribution >= 4 is 18.4 Å². The van der Waals surface area contributed by atoms with E-state index in [-0.39, 0.29) is 0 Å². The number of rotatable bonds is 4. The molecular weight excluding hydrogens is 268 g/mol. The van der Waals surface area contributed by atoms with Gasteiger partial charge in [0.25, 0.3) is 5.95 Å². The highest BCUT2D eigenvalue weighted by Crippen LogP contribution is 2.02. The number of aliphatic imine (C=N–C) groups is 2. The van der Waals surface area contributed by atoms with Crippen LogP contribution in [0.4, 0.5) is 5.95 Å². The molecule has 2 aromatic rings. The summed E-state index contributed by atoms with van der Waals surface area (Å²) in [7, 11) is 0. The third-order valence-electron chi connectivity index (χ3n) is 2.32. The van der Waals surface area contributed by atoms with E-state index in [0.717, 1.165) is 0 Å². The van der Waals surface area contributed by atoms with Gasteiger partial charge < -0.3 is 0 Å². The molecule has 0 aromatic carbocycles. The lowest BCUT2D eigenvalue weighted by atomic mass is 10.5. The van der Waals surface area contributed by atoms with Gasteiger partial charge in [-0.15, -0.1) is 0 Å². The average molecular weight is 284 g/mol. The van der Waals surface area contributed by atoms with Crippen LogP contribution in [0.3, 0.4) is 0 Å². The lowest BCUT2D eigenvalue weighted by Gasteiger charge is -1.96. The fraction of sp³-hybridized carbons (Fsp3) is 0.385. The molecule has 0 radical (unpaired) electrons. The predicted molar refractivity (Wildman–Crippen MR) is 79.2 cm³/mol. The zero-order chi connectivity index (χ0) is 15.2. The first kappa shape index (κ1) is 14.8. The van der Waals surface area contributed by atoms with E-state index < -0.39 is 0 Å². The van der Waals surface area contributed by atoms with E-state index in [9.17, 15) is 0 Å². The van der Waals surface area contributed by atoms with E-state index in [1.807, 2.05) is 13.8 Å². The molecule has 2 rings (SSSR count). The lowest BCUT2D eigenvalue weighted by molar-refractivity contribution is 0.910. The summed E-state index contributed by atoms with van der Waals surface area (Å²) >= 11 is 0. The zero-order valence-electron chi connectivity index (χ0n) is 12.4. The molecule has 0 unspecified atom stereocenters. The van der Waals surface area contributed by atoms with Gasteiger partial charge in [0.2, 0.25) is 0 Å². The van der Waals surface area contributed by atoms with Gasteiger partial charge >= 0.3 is 0 Å². The lowest BCUT2D eigenvalue weighted by Crippen LogP contribution is -2.02. The van der Waals surface area contributed by atoms with Crippen LogP contribution < -0.4 is 0 Å². The van der Waals surface area contributed by atoms with Crippen LogP contribution in [0.1, 0.15) is 29.1 Å². The van der Waals surface area contributed by atoms with E-state index in [2.05, 4.69) is 39.9 Å². The van der Waals surface area contributed by atoms with Gasteiger partial charge in [0.05, 0.1) is 12.8 Å². The Labute approximate surface area is 122 Å². The van der Waals surface area contributed by atoms with Gasteiger partial charge in [-0.2, -0.15) is 9.97 Å². The summed E-state index contributed by atoms with van der Waals surface area (Å²) in [5.74, 6) is 3.58. The highest BCUT2D eigenvalue weighted by molar-refractivity contribution is 5.76. The van der Waals surface area contributed by atoms with Crippen molar-refractivity contribution in [1.29, 1.82) is 0 Å². The quantitative estimate of drug-likeness (QED) is 0.779. The molecule has 2 heterocycles. The summed E-state index contributed by atoms with van der Waals surface area (Å²) in [6, 6.07) is 0. The van der Waals surface area contributed by atoms with Crippen molar-refractivity contribution < 1.29 is 0 Å².